The minimum atomic E-state index is -1.87. The van der Waals surface area contributed by atoms with E-state index < -0.39 is 10.0 Å². The molecule has 0 aliphatic rings. The third-order valence-electron chi connectivity index (χ3n) is 6.62. The number of rotatable bonds is 8. The smallest absolute Gasteiger partial charge is 0.120 e. The molecular formula is C36H46N2O2S. The molecule has 4 aromatic carbocycles. The average molecular weight is 571 g/mol. The van der Waals surface area contributed by atoms with Gasteiger partial charge in [0.1, 0.15) is 22.7 Å². The van der Waals surface area contributed by atoms with Gasteiger partial charge in [0.15, 0.2) is 0 Å². The molecular weight excluding hydrogens is 524 g/mol. The van der Waals surface area contributed by atoms with E-state index in [0.29, 0.717) is 0 Å². The van der Waals surface area contributed by atoms with Crippen LogP contribution in [0.4, 0.5) is 11.4 Å². The highest BCUT2D eigenvalue weighted by Gasteiger charge is 2.34. The van der Waals surface area contributed by atoms with Gasteiger partial charge in [-0.1, -0.05) is 0 Å². The molecule has 0 N–H and O–H groups in total. The molecule has 0 saturated heterocycles. The van der Waals surface area contributed by atoms with E-state index in [2.05, 4.69) is 177 Å². The predicted molar refractivity (Wildman–Crippen MR) is 176 cm³/mol. The molecule has 218 valence electrons. The van der Waals surface area contributed by atoms with Crippen molar-refractivity contribution in [3.8, 4) is 11.5 Å². The van der Waals surface area contributed by atoms with Crippen LogP contribution in [0.5, 0.6) is 11.5 Å². The van der Waals surface area contributed by atoms with Crippen LogP contribution in [-0.4, -0.2) is 39.4 Å². The zero-order valence-corrected chi connectivity index (χ0v) is 27.2. The van der Waals surface area contributed by atoms with Crippen molar-refractivity contribution in [2.45, 2.75) is 72.3 Å². The fourth-order valence-corrected chi connectivity index (χ4v) is 8.65. The fourth-order valence-electron chi connectivity index (χ4n) is 4.84. The maximum Gasteiger partial charge on any atom is 0.120 e. The van der Waals surface area contributed by atoms with Crippen LogP contribution in [0.3, 0.4) is 0 Å². The van der Waals surface area contributed by atoms with Gasteiger partial charge >= 0.3 is 0 Å². The molecule has 0 saturated carbocycles. The number of hydrogen-bond acceptors (Lipinski definition) is 4. The summed E-state index contributed by atoms with van der Waals surface area (Å²) in [5.41, 5.74) is 1.82. The Morgan fingerprint density at radius 1 is 0.415 bits per heavy atom. The summed E-state index contributed by atoms with van der Waals surface area (Å²) in [5, 5.41) is 0. The molecule has 5 heteroatoms. The number of ether oxygens (including phenoxy) is 2. The monoisotopic (exact) mass is 570 g/mol. The molecule has 0 atom stereocenters. The topological polar surface area (TPSA) is 24.9 Å². The summed E-state index contributed by atoms with van der Waals surface area (Å²) in [5.74, 6) is 1.74. The van der Waals surface area contributed by atoms with Crippen molar-refractivity contribution in [1.82, 2.24) is 0 Å². The van der Waals surface area contributed by atoms with Gasteiger partial charge in [-0.25, -0.2) is 0 Å². The first kappa shape index (κ1) is 30.4. The number of nitrogens with zero attached hydrogens (tertiary/aromatic N) is 2. The summed E-state index contributed by atoms with van der Waals surface area (Å²) in [7, 11) is 6.46. The normalized spacial score (nSPS) is 12.5. The third kappa shape index (κ3) is 7.02. The number of benzene rings is 4. The largest absolute Gasteiger partial charge is 0.488 e. The lowest BCUT2D eigenvalue weighted by Gasteiger charge is -2.42. The van der Waals surface area contributed by atoms with Gasteiger partial charge in [-0.05, 0) is 139 Å². The average Bonchev–Trinajstić information content (AvgIpc) is 2.90. The molecule has 0 bridgehead atoms. The van der Waals surface area contributed by atoms with Crippen LogP contribution in [0.15, 0.2) is 117 Å². The first-order valence-corrected chi connectivity index (χ1v) is 15.8. The summed E-state index contributed by atoms with van der Waals surface area (Å²) in [4.78, 5) is 9.33. The van der Waals surface area contributed by atoms with E-state index >= 15 is 0 Å². The molecule has 0 aliphatic carbocycles. The van der Waals surface area contributed by atoms with Crippen LogP contribution in [0, 0.1) is 0 Å². The molecule has 4 rings (SSSR count). The lowest BCUT2D eigenvalue weighted by Crippen LogP contribution is -2.23. The fraction of sp³-hybridized carbons (Fsp3) is 0.333. The Balaban J connectivity index is 2.00. The molecule has 0 fully saturated rings. The first-order valence-electron chi connectivity index (χ1n) is 14.2. The Morgan fingerprint density at radius 3 is 0.878 bits per heavy atom. The van der Waals surface area contributed by atoms with Crippen molar-refractivity contribution in [2.75, 3.05) is 38.0 Å². The SMILES string of the molecule is CN(C)c1ccc(S(c2ccc(OC(C)(C)C)cc2)(c2ccc(OC(C)(C)C)cc2)c2ccc(N(C)C)cc2)cc1. The van der Waals surface area contributed by atoms with Gasteiger partial charge in [0.25, 0.3) is 0 Å². The zero-order valence-electron chi connectivity index (χ0n) is 26.4. The summed E-state index contributed by atoms with van der Waals surface area (Å²) in [6.07, 6.45) is 0. The Labute approximate surface area is 249 Å². The van der Waals surface area contributed by atoms with Crippen LogP contribution < -0.4 is 19.3 Å². The minimum Gasteiger partial charge on any atom is -0.488 e. The predicted octanol–water partition coefficient (Wildman–Crippen LogP) is 9.51. The highest BCUT2D eigenvalue weighted by Crippen LogP contribution is 2.73. The Bertz CT molecular complexity index is 1300. The summed E-state index contributed by atoms with van der Waals surface area (Å²) >= 11 is 0. The van der Waals surface area contributed by atoms with Gasteiger partial charge in [0.2, 0.25) is 0 Å². The summed E-state index contributed by atoms with van der Waals surface area (Å²) in [6, 6.07) is 35.5. The van der Waals surface area contributed by atoms with Gasteiger partial charge in [-0.15, -0.1) is 10.0 Å². The van der Waals surface area contributed by atoms with E-state index in [0.717, 1.165) is 11.5 Å². The summed E-state index contributed by atoms with van der Waals surface area (Å²) in [6.45, 7) is 12.5. The van der Waals surface area contributed by atoms with Gasteiger partial charge in [0.05, 0.1) is 0 Å². The Hall–Kier alpha value is -3.57. The van der Waals surface area contributed by atoms with E-state index in [-0.39, 0.29) is 11.2 Å². The van der Waals surface area contributed by atoms with Crippen molar-refractivity contribution in [3.05, 3.63) is 97.1 Å². The second kappa shape index (κ2) is 11.7. The van der Waals surface area contributed by atoms with Crippen LogP contribution in [-0.2, 0) is 0 Å². The third-order valence-corrected chi connectivity index (χ3v) is 10.5. The van der Waals surface area contributed by atoms with Crippen LogP contribution in [0.25, 0.3) is 0 Å². The molecule has 41 heavy (non-hydrogen) atoms. The maximum absolute atomic E-state index is 6.21. The highest BCUT2D eigenvalue weighted by atomic mass is 32.3. The van der Waals surface area contributed by atoms with Crippen molar-refractivity contribution >= 4 is 21.4 Å². The minimum absolute atomic E-state index is 0.266. The number of anilines is 2. The molecule has 0 spiro atoms. The van der Waals surface area contributed by atoms with Crippen molar-refractivity contribution in [1.29, 1.82) is 0 Å². The van der Waals surface area contributed by atoms with Crippen molar-refractivity contribution in [3.63, 3.8) is 0 Å². The van der Waals surface area contributed by atoms with Gasteiger partial charge in [-0.3, -0.25) is 0 Å². The second-order valence-electron chi connectivity index (χ2n) is 12.8. The molecule has 0 radical (unpaired) electrons. The lowest BCUT2D eigenvalue weighted by molar-refractivity contribution is 0.130. The second-order valence-corrected chi connectivity index (χ2v) is 15.9. The van der Waals surface area contributed by atoms with Crippen molar-refractivity contribution in [2.24, 2.45) is 0 Å². The Kier molecular flexibility index (Phi) is 8.70. The molecule has 0 aromatic heterocycles. The number of hydrogen-bond donors (Lipinski definition) is 0. The van der Waals surface area contributed by atoms with E-state index in [1.807, 2.05) is 0 Å². The van der Waals surface area contributed by atoms with E-state index in [9.17, 15) is 0 Å². The van der Waals surface area contributed by atoms with Gasteiger partial charge < -0.3 is 19.3 Å². The first-order chi connectivity index (χ1) is 19.2. The standard InChI is InChI=1S/C36H46N2O2S/c1-35(2,3)39-29-15-23-33(24-16-29)41(31-19-11-27(12-20-31)37(7)8,32-21-13-28(14-22-32)38(9)10)34-25-17-30(18-26-34)40-36(4,5)6/h11-26H,1-10H3. The van der Waals surface area contributed by atoms with Crippen LogP contribution >= 0.6 is 10.0 Å². The quantitative estimate of drug-likeness (QED) is 0.211. The summed E-state index contributed by atoms with van der Waals surface area (Å²) < 4.78 is 12.4. The molecule has 0 unspecified atom stereocenters. The molecule has 0 heterocycles. The Morgan fingerprint density at radius 2 is 0.659 bits per heavy atom. The lowest BCUT2D eigenvalue weighted by atomic mass is 10.2. The molecule has 4 aromatic rings. The van der Waals surface area contributed by atoms with Crippen LogP contribution in [0.1, 0.15) is 41.5 Å². The van der Waals surface area contributed by atoms with E-state index in [4.69, 9.17) is 9.47 Å². The highest BCUT2D eigenvalue weighted by molar-refractivity contribution is 8.34. The molecule has 4 nitrogen and oxygen atoms in total. The maximum atomic E-state index is 6.21. The van der Waals surface area contributed by atoms with E-state index in [1.165, 1.54) is 31.0 Å². The van der Waals surface area contributed by atoms with Crippen LogP contribution in [0.2, 0.25) is 0 Å². The molecule has 0 amide bonds. The molecule has 0 aliphatic heterocycles. The van der Waals surface area contributed by atoms with Crippen molar-refractivity contribution < 1.29 is 9.47 Å². The van der Waals surface area contributed by atoms with Gasteiger partial charge in [0, 0.05) is 59.1 Å². The zero-order chi connectivity index (χ0) is 30.0. The van der Waals surface area contributed by atoms with Gasteiger partial charge in [-0.2, -0.15) is 0 Å². The van der Waals surface area contributed by atoms with E-state index in [1.54, 1.807) is 0 Å².